The van der Waals surface area contributed by atoms with E-state index in [9.17, 15) is 0 Å². The summed E-state index contributed by atoms with van der Waals surface area (Å²) in [6.07, 6.45) is 3.38. The Morgan fingerprint density at radius 3 is 2.27 bits per heavy atom. The summed E-state index contributed by atoms with van der Waals surface area (Å²) in [5, 5.41) is 18.0. The van der Waals surface area contributed by atoms with Crippen LogP contribution in [0.2, 0.25) is 0 Å². The predicted octanol–water partition coefficient (Wildman–Crippen LogP) is 1.02. The second-order valence-corrected chi connectivity index (χ2v) is 3.80. The number of hydrogen-bond acceptors (Lipinski definition) is 2. The first kappa shape index (κ1) is 9.01. The second-order valence-electron chi connectivity index (χ2n) is 3.80. The maximum absolute atomic E-state index is 9.00. The van der Waals surface area contributed by atoms with Gasteiger partial charge in [0.15, 0.2) is 0 Å². The SMILES string of the molecule is CC1CCC(CO)C(CO)C1. The van der Waals surface area contributed by atoms with Crippen LogP contribution in [-0.4, -0.2) is 23.4 Å². The van der Waals surface area contributed by atoms with Crippen molar-refractivity contribution in [3.05, 3.63) is 0 Å². The second kappa shape index (κ2) is 4.07. The molecule has 0 saturated heterocycles. The van der Waals surface area contributed by atoms with E-state index in [0.717, 1.165) is 18.8 Å². The van der Waals surface area contributed by atoms with Gasteiger partial charge < -0.3 is 10.2 Å². The lowest BCUT2D eigenvalue weighted by Crippen LogP contribution is -2.28. The summed E-state index contributed by atoms with van der Waals surface area (Å²) in [6.45, 7) is 2.71. The van der Waals surface area contributed by atoms with Gasteiger partial charge in [0.25, 0.3) is 0 Å². The lowest BCUT2D eigenvalue weighted by atomic mass is 9.75. The van der Waals surface area contributed by atoms with Crippen LogP contribution in [0.1, 0.15) is 26.2 Å². The maximum Gasteiger partial charge on any atom is 0.0462 e. The van der Waals surface area contributed by atoms with Crippen molar-refractivity contribution in [3.8, 4) is 0 Å². The molecule has 0 aliphatic heterocycles. The van der Waals surface area contributed by atoms with Crippen molar-refractivity contribution < 1.29 is 10.2 Å². The van der Waals surface area contributed by atoms with Crippen LogP contribution in [0.5, 0.6) is 0 Å². The number of aliphatic hydroxyl groups is 2. The Morgan fingerprint density at radius 2 is 1.73 bits per heavy atom. The van der Waals surface area contributed by atoms with Crippen LogP contribution in [0.3, 0.4) is 0 Å². The van der Waals surface area contributed by atoms with E-state index >= 15 is 0 Å². The van der Waals surface area contributed by atoms with Gasteiger partial charge in [-0.2, -0.15) is 0 Å². The van der Waals surface area contributed by atoms with Crippen LogP contribution in [-0.2, 0) is 0 Å². The summed E-state index contributed by atoms with van der Waals surface area (Å²) in [5.74, 6) is 1.44. The summed E-state index contributed by atoms with van der Waals surface area (Å²) in [5.41, 5.74) is 0. The molecular formula is C9H18O2. The van der Waals surface area contributed by atoms with Gasteiger partial charge in [-0.05, 0) is 30.6 Å². The van der Waals surface area contributed by atoms with Gasteiger partial charge in [0, 0.05) is 13.2 Å². The van der Waals surface area contributed by atoms with E-state index in [-0.39, 0.29) is 13.2 Å². The highest BCUT2D eigenvalue weighted by Gasteiger charge is 2.27. The van der Waals surface area contributed by atoms with Crippen LogP contribution in [0.4, 0.5) is 0 Å². The summed E-state index contributed by atoms with van der Waals surface area (Å²) in [4.78, 5) is 0. The Balaban J connectivity index is 2.41. The Hall–Kier alpha value is -0.0800. The first-order chi connectivity index (χ1) is 5.27. The monoisotopic (exact) mass is 158 g/mol. The molecular weight excluding hydrogens is 140 g/mol. The summed E-state index contributed by atoms with van der Waals surface area (Å²) < 4.78 is 0. The van der Waals surface area contributed by atoms with E-state index in [2.05, 4.69) is 6.92 Å². The Kier molecular flexibility index (Phi) is 3.34. The molecule has 1 rings (SSSR count). The third-order valence-electron chi connectivity index (χ3n) is 2.87. The highest BCUT2D eigenvalue weighted by molar-refractivity contribution is 4.77. The van der Waals surface area contributed by atoms with Gasteiger partial charge in [-0.15, -0.1) is 0 Å². The lowest BCUT2D eigenvalue weighted by Gasteiger charge is -2.32. The molecule has 0 radical (unpaired) electrons. The molecule has 0 spiro atoms. The first-order valence-electron chi connectivity index (χ1n) is 4.49. The highest BCUT2D eigenvalue weighted by atomic mass is 16.3. The van der Waals surface area contributed by atoms with Crippen LogP contribution in [0.25, 0.3) is 0 Å². The summed E-state index contributed by atoms with van der Waals surface area (Å²) in [6, 6.07) is 0. The largest absolute Gasteiger partial charge is 0.396 e. The summed E-state index contributed by atoms with van der Waals surface area (Å²) in [7, 11) is 0. The number of rotatable bonds is 2. The maximum atomic E-state index is 9.00. The minimum Gasteiger partial charge on any atom is -0.396 e. The van der Waals surface area contributed by atoms with Gasteiger partial charge in [-0.3, -0.25) is 0 Å². The van der Waals surface area contributed by atoms with Crippen molar-refractivity contribution in [2.24, 2.45) is 17.8 Å². The zero-order valence-electron chi connectivity index (χ0n) is 7.16. The molecule has 3 atom stereocenters. The smallest absolute Gasteiger partial charge is 0.0462 e. The average Bonchev–Trinajstić information content (AvgIpc) is 2.04. The zero-order chi connectivity index (χ0) is 8.27. The molecule has 0 bridgehead atoms. The molecule has 0 heterocycles. The molecule has 1 saturated carbocycles. The molecule has 3 unspecified atom stereocenters. The quantitative estimate of drug-likeness (QED) is 0.630. The van der Waals surface area contributed by atoms with Crippen molar-refractivity contribution in [1.82, 2.24) is 0 Å². The molecule has 0 aromatic heterocycles. The topological polar surface area (TPSA) is 40.5 Å². The summed E-state index contributed by atoms with van der Waals surface area (Å²) >= 11 is 0. The van der Waals surface area contributed by atoms with Crippen LogP contribution < -0.4 is 0 Å². The van der Waals surface area contributed by atoms with Gasteiger partial charge in [0.05, 0.1) is 0 Å². The Labute approximate surface area is 68.2 Å². The number of hydrogen-bond donors (Lipinski definition) is 2. The highest BCUT2D eigenvalue weighted by Crippen LogP contribution is 2.32. The fourth-order valence-corrected chi connectivity index (χ4v) is 2.03. The van der Waals surface area contributed by atoms with Gasteiger partial charge in [-0.25, -0.2) is 0 Å². The Bertz CT molecular complexity index is 114. The normalized spacial score (nSPS) is 39.0. The van der Waals surface area contributed by atoms with Gasteiger partial charge in [-0.1, -0.05) is 13.3 Å². The van der Waals surface area contributed by atoms with Gasteiger partial charge >= 0.3 is 0 Å². The molecule has 2 nitrogen and oxygen atoms in total. The molecule has 66 valence electrons. The van der Waals surface area contributed by atoms with E-state index in [1.807, 2.05) is 0 Å². The van der Waals surface area contributed by atoms with Crippen molar-refractivity contribution in [3.63, 3.8) is 0 Å². The molecule has 0 aromatic carbocycles. The number of aliphatic hydroxyl groups excluding tert-OH is 2. The lowest BCUT2D eigenvalue weighted by molar-refractivity contribution is 0.0686. The van der Waals surface area contributed by atoms with E-state index in [4.69, 9.17) is 10.2 Å². The minimum atomic E-state index is 0.246. The van der Waals surface area contributed by atoms with Crippen molar-refractivity contribution >= 4 is 0 Å². The molecule has 2 N–H and O–H groups in total. The first-order valence-corrected chi connectivity index (χ1v) is 4.49. The van der Waals surface area contributed by atoms with Crippen LogP contribution >= 0.6 is 0 Å². The molecule has 0 amide bonds. The van der Waals surface area contributed by atoms with Crippen molar-refractivity contribution in [2.45, 2.75) is 26.2 Å². The van der Waals surface area contributed by atoms with E-state index in [1.165, 1.54) is 6.42 Å². The molecule has 1 fully saturated rings. The fourth-order valence-electron chi connectivity index (χ4n) is 2.03. The van der Waals surface area contributed by atoms with E-state index in [0.29, 0.717) is 11.8 Å². The van der Waals surface area contributed by atoms with Crippen molar-refractivity contribution in [1.29, 1.82) is 0 Å². The predicted molar refractivity (Wildman–Crippen MR) is 44.2 cm³/mol. The average molecular weight is 158 g/mol. The van der Waals surface area contributed by atoms with Gasteiger partial charge in [0.1, 0.15) is 0 Å². The van der Waals surface area contributed by atoms with Gasteiger partial charge in [0.2, 0.25) is 0 Å². The third-order valence-corrected chi connectivity index (χ3v) is 2.87. The fraction of sp³-hybridized carbons (Fsp3) is 1.00. The van der Waals surface area contributed by atoms with Crippen molar-refractivity contribution in [2.75, 3.05) is 13.2 Å². The molecule has 0 aromatic rings. The van der Waals surface area contributed by atoms with E-state index < -0.39 is 0 Å². The Morgan fingerprint density at radius 1 is 1.09 bits per heavy atom. The van der Waals surface area contributed by atoms with E-state index in [1.54, 1.807) is 0 Å². The van der Waals surface area contributed by atoms with Crippen LogP contribution in [0.15, 0.2) is 0 Å². The molecule has 1 aliphatic carbocycles. The molecule has 1 aliphatic rings. The third kappa shape index (κ3) is 2.17. The van der Waals surface area contributed by atoms with Crippen LogP contribution in [0, 0.1) is 17.8 Å². The minimum absolute atomic E-state index is 0.246. The molecule has 2 heteroatoms. The standard InChI is InChI=1S/C9H18O2/c1-7-2-3-8(5-10)9(4-7)6-11/h7-11H,2-6H2,1H3. The zero-order valence-corrected chi connectivity index (χ0v) is 7.16. The molecule has 11 heavy (non-hydrogen) atoms.